The molecule has 0 bridgehead atoms. The van der Waals surface area contributed by atoms with Crippen LogP contribution in [0.5, 0.6) is 5.75 Å². The fourth-order valence-corrected chi connectivity index (χ4v) is 1.33. The molecule has 1 heterocycles. The van der Waals surface area contributed by atoms with Gasteiger partial charge in [-0.1, -0.05) is 12.7 Å². The smallest absolute Gasteiger partial charge is 0.141 e. The van der Waals surface area contributed by atoms with E-state index in [0.29, 0.717) is 6.61 Å². The van der Waals surface area contributed by atoms with Crippen LogP contribution in [-0.4, -0.2) is 17.6 Å². The molecule has 0 saturated heterocycles. The number of aromatic nitrogens is 1. The number of rotatable bonds is 5. The molecule has 0 radical (unpaired) electrons. The average Bonchev–Trinajstić information content (AvgIpc) is 2.16. The third-order valence-electron chi connectivity index (χ3n) is 1.94. The Hall–Kier alpha value is -1.35. The normalized spacial score (nSPS) is 12.2. The Balaban J connectivity index is 2.86. The van der Waals surface area contributed by atoms with Gasteiger partial charge in [-0.15, -0.1) is 0 Å². The first-order valence-corrected chi connectivity index (χ1v) is 5.09. The molecule has 0 aliphatic carbocycles. The van der Waals surface area contributed by atoms with E-state index in [2.05, 4.69) is 11.6 Å². The molecule has 1 rings (SSSR count). The van der Waals surface area contributed by atoms with Crippen molar-refractivity contribution >= 4 is 0 Å². The highest BCUT2D eigenvalue weighted by atomic mass is 16.5. The van der Waals surface area contributed by atoms with Gasteiger partial charge in [-0.3, -0.25) is 4.98 Å². The molecule has 0 saturated carbocycles. The van der Waals surface area contributed by atoms with E-state index in [9.17, 15) is 0 Å². The molecule has 15 heavy (non-hydrogen) atoms. The SMILES string of the molecule is C=CCOc1ccc(C)nc1CC(C)N. The number of hydrogen-bond donors (Lipinski definition) is 1. The maximum atomic E-state index is 5.76. The molecular formula is C12H18N2O. The van der Waals surface area contributed by atoms with Crippen molar-refractivity contribution in [3.63, 3.8) is 0 Å². The van der Waals surface area contributed by atoms with E-state index in [4.69, 9.17) is 10.5 Å². The Kier molecular flexibility index (Phi) is 4.31. The largest absolute Gasteiger partial charge is 0.488 e. The van der Waals surface area contributed by atoms with Gasteiger partial charge in [0.05, 0.1) is 5.69 Å². The first kappa shape index (κ1) is 11.7. The molecule has 1 aromatic heterocycles. The molecule has 2 N–H and O–H groups in total. The highest BCUT2D eigenvalue weighted by molar-refractivity contribution is 5.30. The highest BCUT2D eigenvalue weighted by Crippen LogP contribution is 2.18. The first-order chi connectivity index (χ1) is 7.13. The zero-order chi connectivity index (χ0) is 11.3. The van der Waals surface area contributed by atoms with Crippen molar-refractivity contribution in [3.8, 4) is 5.75 Å². The summed E-state index contributed by atoms with van der Waals surface area (Å²) in [5.74, 6) is 0.804. The fraction of sp³-hybridized carbons (Fsp3) is 0.417. The van der Waals surface area contributed by atoms with Gasteiger partial charge >= 0.3 is 0 Å². The van der Waals surface area contributed by atoms with Crippen LogP contribution in [0.15, 0.2) is 24.8 Å². The second-order valence-electron chi connectivity index (χ2n) is 3.68. The zero-order valence-electron chi connectivity index (χ0n) is 9.36. The number of ether oxygens (including phenoxy) is 1. The van der Waals surface area contributed by atoms with Crippen molar-refractivity contribution in [2.24, 2.45) is 5.73 Å². The topological polar surface area (TPSA) is 48.1 Å². The van der Waals surface area contributed by atoms with Crippen molar-refractivity contribution in [2.75, 3.05) is 6.61 Å². The summed E-state index contributed by atoms with van der Waals surface area (Å²) in [4.78, 5) is 4.43. The molecule has 1 aromatic rings. The van der Waals surface area contributed by atoms with Gasteiger partial charge in [0, 0.05) is 18.2 Å². The van der Waals surface area contributed by atoms with E-state index >= 15 is 0 Å². The van der Waals surface area contributed by atoms with Crippen molar-refractivity contribution in [1.82, 2.24) is 4.98 Å². The van der Waals surface area contributed by atoms with Crippen molar-refractivity contribution < 1.29 is 4.74 Å². The lowest BCUT2D eigenvalue weighted by Crippen LogP contribution is -2.19. The fourth-order valence-electron chi connectivity index (χ4n) is 1.33. The summed E-state index contributed by atoms with van der Waals surface area (Å²) in [6.07, 6.45) is 2.45. The Labute approximate surface area is 91.0 Å². The lowest BCUT2D eigenvalue weighted by molar-refractivity contribution is 0.355. The van der Waals surface area contributed by atoms with E-state index < -0.39 is 0 Å². The lowest BCUT2D eigenvalue weighted by atomic mass is 10.1. The molecule has 0 aromatic carbocycles. The maximum Gasteiger partial charge on any atom is 0.141 e. The molecule has 0 fully saturated rings. The van der Waals surface area contributed by atoms with Gasteiger partial charge in [0.25, 0.3) is 0 Å². The molecule has 3 heteroatoms. The summed E-state index contributed by atoms with van der Waals surface area (Å²) >= 11 is 0. The molecular weight excluding hydrogens is 188 g/mol. The van der Waals surface area contributed by atoms with E-state index in [-0.39, 0.29) is 6.04 Å². The molecule has 0 aliphatic heterocycles. The summed E-state index contributed by atoms with van der Waals surface area (Å²) in [6.45, 7) is 8.03. The van der Waals surface area contributed by atoms with Gasteiger partial charge in [0.2, 0.25) is 0 Å². The standard InChI is InChI=1S/C12H18N2O/c1-4-7-15-12-6-5-10(3)14-11(12)8-9(2)13/h4-6,9H,1,7-8,13H2,2-3H3. The lowest BCUT2D eigenvalue weighted by Gasteiger charge is -2.11. The van der Waals surface area contributed by atoms with Crippen LogP contribution in [-0.2, 0) is 6.42 Å². The van der Waals surface area contributed by atoms with Gasteiger partial charge in [0.15, 0.2) is 0 Å². The minimum absolute atomic E-state index is 0.0883. The number of aryl methyl sites for hydroxylation is 1. The van der Waals surface area contributed by atoms with Gasteiger partial charge in [0.1, 0.15) is 12.4 Å². The first-order valence-electron chi connectivity index (χ1n) is 5.09. The minimum Gasteiger partial charge on any atom is -0.488 e. The summed E-state index contributed by atoms with van der Waals surface area (Å²) in [7, 11) is 0. The van der Waals surface area contributed by atoms with Crippen molar-refractivity contribution in [2.45, 2.75) is 26.3 Å². The Morgan fingerprint density at radius 2 is 2.33 bits per heavy atom. The second kappa shape index (κ2) is 5.51. The number of nitrogens with two attached hydrogens (primary N) is 1. The van der Waals surface area contributed by atoms with E-state index in [1.807, 2.05) is 26.0 Å². The maximum absolute atomic E-state index is 5.76. The molecule has 0 aliphatic rings. The van der Waals surface area contributed by atoms with E-state index in [1.165, 1.54) is 0 Å². The van der Waals surface area contributed by atoms with Crippen LogP contribution in [0.2, 0.25) is 0 Å². The van der Waals surface area contributed by atoms with Crippen LogP contribution in [0.3, 0.4) is 0 Å². The third kappa shape index (κ3) is 3.72. The molecule has 0 amide bonds. The Morgan fingerprint density at radius 3 is 2.93 bits per heavy atom. The van der Waals surface area contributed by atoms with Gasteiger partial charge in [-0.05, 0) is 26.0 Å². The minimum atomic E-state index is 0.0883. The van der Waals surface area contributed by atoms with E-state index in [1.54, 1.807) is 6.08 Å². The average molecular weight is 206 g/mol. The van der Waals surface area contributed by atoms with Crippen LogP contribution >= 0.6 is 0 Å². The van der Waals surface area contributed by atoms with Gasteiger partial charge in [-0.2, -0.15) is 0 Å². The molecule has 0 spiro atoms. The predicted octanol–water partition coefficient (Wildman–Crippen LogP) is 1.84. The van der Waals surface area contributed by atoms with Gasteiger partial charge < -0.3 is 10.5 Å². The predicted molar refractivity (Wildman–Crippen MR) is 62.0 cm³/mol. The zero-order valence-corrected chi connectivity index (χ0v) is 9.36. The number of hydrogen-bond acceptors (Lipinski definition) is 3. The molecule has 82 valence electrons. The number of pyridine rings is 1. The third-order valence-corrected chi connectivity index (χ3v) is 1.94. The number of nitrogens with zero attached hydrogens (tertiary/aromatic N) is 1. The van der Waals surface area contributed by atoms with Crippen molar-refractivity contribution in [3.05, 3.63) is 36.2 Å². The molecule has 3 nitrogen and oxygen atoms in total. The highest BCUT2D eigenvalue weighted by Gasteiger charge is 2.07. The quantitative estimate of drug-likeness (QED) is 0.748. The van der Waals surface area contributed by atoms with Crippen molar-refractivity contribution in [1.29, 1.82) is 0 Å². The van der Waals surface area contributed by atoms with Gasteiger partial charge in [-0.25, -0.2) is 0 Å². The van der Waals surface area contributed by atoms with Crippen LogP contribution in [0.4, 0.5) is 0 Å². The monoisotopic (exact) mass is 206 g/mol. The van der Waals surface area contributed by atoms with E-state index in [0.717, 1.165) is 23.6 Å². The van der Waals surface area contributed by atoms with Crippen LogP contribution in [0.25, 0.3) is 0 Å². The molecule has 1 unspecified atom stereocenters. The Bertz CT molecular complexity index is 334. The van der Waals surface area contributed by atoms with Crippen LogP contribution in [0.1, 0.15) is 18.3 Å². The summed E-state index contributed by atoms with van der Waals surface area (Å²) < 4.78 is 5.51. The van der Waals surface area contributed by atoms with Crippen LogP contribution in [0, 0.1) is 6.92 Å². The summed E-state index contributed by atoms with van der Waals surface area (Å²) in [5, 5.41) is 0. The van der Waals surface area contributed by atoms with Crippen LogP contribution < -0.4 is 10.5 Å². The summed E-state index contributed by atoms with van der Waals surface area (Å²) in [5.41, 5.74) is 7.66. The molecule has 1 atom stereocenters. The Morgan fingerprint density at radius 1 is 1.60 bits per heavy atom. The summed E-state index contributed by atoms with van der Waals surface area (Å²) in [6, 6.07) is 3.96. The second-order valence-corrected chi connectivity index (χ2v) is 3.68.